The highest BCUT2D eigenvalue weighted by molar-refractivity contribution is 7.91. The van der Waals surface area contributed by atoms with Crippen LogP contribution in [-0.4, -0.2) is 20.1 Å². The smallest absolute Gasteiger partial charge is 0.251 e. The number of nitrogens with one attached hydrogen (secondary N) is 1. The quantitative estimate of drug-likeness (QED) is 0.802. The zero-order valence-corrected chi connectivity index (χ0v) is 15.7. The highest BCUT2D eigenvalue weighted by Gasteiger charge is 2.17. The predicted octanol–water partition coefficient (Wildman–Crippen LogP) is 4.37. The van der Waals surface area contributed by atoms with E-state index in [0.717, 1.165) is 0 Å². The van der Waals surface area contributed by atoms with E-state index in [0.29, 0.717) is 20.6 Å². The Labute approximate surface area is 155 Å². The second-order valence-corrected chi connectivity index (χ2v) is 8.55. The van der Waals surface area contributed by atoms with Crippen molar-refractivity contribution in [2.45, 2.75) is 18.4 Å². The first-order valence-corrected chi connectivity index (χ1v) is 9.77. The minimum absolute atomic E-state index is 0.0120. The highest BCUT2D eigenvalue weighted by Crippen LogP contribution is 2.22. The first-order chi connectivity index (χ1) is 11.2. The molecule has 0 atom stereocenters. The van der Waals surface area contributed by atoms with Gasteiger partial charge in [-0.15, -0.1) is 0 Å². The maximum absolute atomic E-state index is 12.2. The zero-order chi connectivity index (χ0) is 17.9. The molecule has 2 rings (SSSR count). The van der Waals surface area contributed by atoms with Crippen LogP contribution in [-0.2, 0) is 16.4 Å². The molecule has 0 aliphatic heterocycles. The third-order valence-corrected chi connectivity index (χ3v) is 5.80. The van der Waals surface area contributed by atoms with Crippen LogP contribution in [0.5, 0.6) is 0 Å². The van der Waals surface area contributed by atoms with Crippen molar-refractivity contribution in [2.24, 2.45) is 0 Å². The summed E-state index contributed by atoms with van der Waals surface area (Å²) in [7, 11) is -3.42. The first-order valence-electron chi connectivity index (χ1n) is 6.98. The van der Waals surface area contributed by atoms with Gasteiger partial charge in [0.05, 0.1) is 10.6 Å². The number of carbonyl (C=O) groups is 1. The molecule has 1 N–H and O–H groups in total. The van der Waals surface area contributed by atoms with Crippen LogP contribution < -0.4 is 5.32 Å². The van der Waals surface area contributed by atoms with Crippen LogP contribution in [0.2, 0.25) is 15.1 Å². The minimum Gasteiger partial charge on any atom is -0.348 e. The van der Waals surface area contributed by atoms with Crippen molar-refractivity contribution in [1.82, 2.24) is 5.32 Å². The Balaban J connectivity index is 2.26. The number of amides is 1. The molecular formula is C16H14Cl3NO3S. The van der Waals surface area contributed by atoms with Crippen LogP contribution in [0, 0.1) is 0 Å². The Hall–Kier alpha value is -1.27. The molecule has 0 bridgehead atoms. The van der Waals surface area contributed by atoms with Crippen LogP contribution in [0.3, 0.4) is 0 Å². The fraction of sp³-hybridized carbons (Fsp3) is 0.188. The lowest BCUT2D eigenvalue weighted by atomic mass is 10.2. The van der Waals surface area contributed by atoms with Crippen LogP contribution in [0.25, 0.3) is 0 Å². The molecule has 1 amide bonds. The normalized spacial score (nSPS) is 11.3. The third-order valence-electron chi connectivity index (χ3n) is 3.30. The maximum Gasteiger partial charge on any atom is 0.251 e. The molecule has 0 saturated heterocycles. The molecule has 2 aromatic carbocycles. The van der Waals surface area contributed by atoms with Crippen molar-refractivity contribution in [1.29, 1.82) is 0 Å². The topological polar surface area (TPSA) is 63.2 Å². The van der Waals surface area contributed by atoms with Crippen molar-refractivity contribution >= 4 is 50.5 Å². The number of benzene rings is 2. The average Bonchev–Trinajstić information content (AvgIpc) is 2.51. The van der Waals surface area contributed by atoms with Crippen LogP contribution in [0.1, 0.15) is 22.8 Å². The fourth-order valence-electron chi connectivity index (χ4n) is 2.11. The van der Waals surface area contributed by atoms with Gasteiger partial charge in [0.25, 0.3) is 5.91 Å². The Morgan fingerprint density at radius 1 is 1.00 bits per heavy atom. The molecule has 128 valence electrons. The van der Waals surface area contributed by atoms with Gasteiger partial charge in [0.1, 0.15) is 0 Å². The van der Waals surface area contributed by atoms with E-state index in [2.05, 4.69) is 5.32 Å². The van der Waals surface area contributed by atoms with Gasteiger partial charge in [-0.2, -0.15) is 0 Å². The Kier molecular flexibility index (Phi) is 6.15. The maximum atomic E-state index is 12.2. The van der Waals surface area contributed by atoms with E-state index in [1.165, 1.54) is 36.4 Å². The monoisotopic (exact) mass is 405 g/mol. The molecule has 0 heterocycles. The molecule has 0 unspecified atom stereocenters. The molecule has 0 aromatic heterocycles. The SMILES string of the molecule is CCS(=O)(=O)c1ccc(Cl)cc1CNC(=O)c1cc(Cl)cc(Cl)c1. The molecular weight excluding hydrogens is 393 g/mol. The minimum atomic E-state index is -3.42. The van der Waals surface area contributed by atoms with Gasteiger partial charge < -0.3 is 5.32 Å². The number of carbonyl (C=O) groups excluding carboxylic acids is 1. The predicted molar refractivity (Wildman–Crippen MR) is 96.8 cm³/mol. The lowest BCUT2D eigenvalue weighted by Gasteiger charge is -2.11. The van der Waals surface area contributed by atoms with Gasteiger partial charge in [-0.3, -0.25) is 4.79 Å². The zero-order valence-electron chi connectivity index (χ0n) is 12.6. The number of rotatable bonds is 5. The fourth-order valence-corrected chi connectivity index (χ4v) is 3.95. The second kappa shape index (κ2) is 7.74. The van der Waals surface area contributed by atoms with Gasteiger partial charge in [-0.25, -0.2) is 8.42 Å². The largest absolute Gasteiger partial charge is 0.348 e. The van der Waals surface area contributed by atoms with Gasteiger partial charge in [0, 0.05) is 27.2 Å². The summed E-state index contributed by atoms with van der Waals surface area (Å²) in [6.45, 7) is 1.57. The molecule has 0 aliphatic carbocycles. The van der Waals surface area contributed by atoms with Crippen molar-refractivity contribution in [3.63, 3.8) is 0 Å². The molecule has 0 fully saturated rings. The van der Waals surface area contributed by atoms with Gasteiger partial charge in [0.2, 0.25) is 0 Å². The summed E-state index contributed by atoms with van der Waals surface area (Å²) < 4.78 is 24.3. The standard InChI is InChI=1S/C16H14Cl3NO3S/c1-2-24(22,23)15-4-3-12(17)7-11(15)9-20-16(21)10-5-13(18)8-14(19)6-10/h3-8H,2,9H2,1H3,(H,20,21). The van der Waals surface area contributed by atoms with E-state index < -0.39 is 15.7 Å². The summed E-state index contributed by atoms with van der Waals surface area (Å²) in [5, 5.41) is 3.72. The molecule has 0 saturated carbocycles. The lowest BCUT2D eigenvalue weighted by Crippen LogP contribution is -2.24. The Bertz CT molecular complexity index is 862. The molecule has 0 spiro atoms. The number of halogens is 3. The number of hydrogen-bond donors (Lipinski definition) is 1. The van der Waals surface area contributed by atoms with Crippen molar-refractivity contribution in [3.05, 3.63) is 62.6 Å². The van der Waals surface area contributed by atoms with E-state index in [9.17, 15) is 13.2 Å². The molecule has 8 heteroatoms. The Morgan fingerprint density at radius 3 is 2.21 bits per heavy atom. The van der Waals surface area contributed by atoms with Crippen LogP contribution >= 0.6 is 34.8 Å². The lowest BCUT2D eigenvalue weighted by molar-refractivity contribution is 0.0950. The van der Waals surface area contributed by atoms with Crippen LogP contribution in [0.4, 0.5) is 0 Å². The van der Waals surface area contributed by atoms with Crippen LogP contribution in [0.15, 0.2) is 41.3 Å². The average molecular weight is 407 g/mol. The summed E-state index contributed by atoms with van der Waals surface area (Å²) in [6.07, 6.45) is 0. The number of hydrogen-bond acceptors (Lipinski definition) is 3. The molecule has 24 heavy (non-hydrogen) atoms. The van der Waals surface area contributed by atoms with E-state index in [-0.39, 0.29) is 22.8 Å². The van der Waals surface area contributed by atoms with E-state index in [4.69, 9.17) is 34.8 Å². The molecule has 0 aliphatic rings. The van der Waals surface area contributed by atoms with Gasteiger partial charge >= 0.3 is 0 Å². The third kappa shape index (κ3) is 4.63. The summed E-state index contributed by atoms with van der Waals surface area (Å²) in [5.41, 5.74) is 0.709. The van der Waals surface area contributed by atoms with Crippen molar-refractivity contribution in [2.75, 3.05) is 5.75 Å². The first kappa shape index (κ1) is 19.1. The van der Waals surface area contributed by atoms with Gasteiger partial charge in [-0.1, -0.05) is 41.7 Å². The molecule has 0 radical (unpaired) electrons. The Morgan fingerprint density at radius 2 is 1.62 bits per heavy atom. The van der Waals surface area contributed by atoms with Crippen molar-refractivity contribution in [3.8, 4) is 0 Å². The highest BCUT2D eigenvalue weighted by atomic mass is 35.5. The van der Waals surface area contributed by atoms with Crippen molar-refractivity contribution < 1.29 is 13.2 Å². The van der Waals surface area contributed by atoms with E-state index in [1.807, 2.05) is 0 Å². The summed E-state index contributed by atoms with van der Waals surface area (Å²) >= 11 is 17.7. The summed E-state index contributed by atoms with van der Waals surface area (Å²) in [6, 6.07) is 8.94. The van der Waals surface area contributed by atoms with Gasteiger partial charge in [0.15, 0.2) is 9.84 Å². The molecule has 2 aromatic rings. The summed E-state index contributed by atoms with van der Waals surface area (Å²) in [5.74, 6) is -0.460. The van der Waals surface area contributed by atoms with Gasteiger partial charge in [-0.05, 0) is 42.0 Å². The van der Waals surface area contributed by atoms with E-state index in [1.54, 1.807) is 6.92 Å². The molecule has 4 nitrogen and oxygen atoms in total. The second-order valence-electron chi connectivity index (χ2n) is 5.00. The van der Waals surface area contributed by atoms with E-state index >= 15 is 0 Å². The number of sulfone groups is 1. The summed E-state index contributed by atoms with van der Waals surface area (Å²) in [4.78, 5) is 12.4.